The molecule has 1 aromatic heterocycles. The highest BCUT2D eigenvalue weighted by Gasteiger charge is 2.10. The van der Waals surface area contributed by atoms with Crippen molar-refractivity contribution in [3.8, 4) is 17.4 Å². The number of anilines is 1. The van der Waals surface area contributed by atoms with Gasteiger partial charge in [-0.1, -0.05) is 29.8 Å². The Hall–Kier alpha value is -2.17. The van der Waals surface area contributed by atoms with E-state index in [2.05, 4.69) is 27.2 Å². The highest BCUT2D eigenvalue weighted by Crippen LogP contribution is 2.19. The molecule has 1 aromatic carbocycles. The van der Waals surface area contributed by atoms with E-state index >= 15 is 0 Å². The van der Waals surface area contributed by atoms with Crippen molar-refractivity contribution in [1.82, 2.24) is 15.0 Å². The Bertz CT molecular complexity index is 567. The van der Waals surface area contributed by atoms with E-state index in [0.29, 0.717) is 17.8 Å². The lowest BCUT2D eigenvalue weighted by molar-refractivity contribution is 0.222. The van der Waals surface area contributed by atoms with Crippen LogP contribution in [0.15, 0.2) is 24.3 Å². The van der Waals surface area contributed by atoms with Crippen molar-refractivity contribution in [3.63, 3.8) is 0 Å². The predicted octanol–water partition coefficient (Wildman–Crippen LogP) is 3.07. The van der Waals surface area contributed by atoms with Crippen LogP contribution in [0.4, 0.5) is 5.95 Å². The first-order valence-electron chi connectivity index (χ1n) is 6.82. The maximum absolute atomic E-state index is 5.58. The molecule has 0 radical (unpaired) electrons. The van der Waals surface area contributed by atoms with Crippen LogP contribution in [0.1, 0.15) is 26.3 Å². The lowest BCUT2D eigenvalue weighted by Gasteiger charge is -2.11. The van der Waals surface area contributed by atoms with E-state index in [-0.39, 0.29) is 6.10 Å². The normalized spacial score (nSPS) is 10.7. The molecule has 0 saturated carbocycles. The molecule has 0 amide bonds. The van der Waals surface area contributed by atoms with Crippen molar-refractivity contribution in [1.29, 1.82) is 0 Å². The summed E-state index contributed by atoms with van der Waals surface area (Å²) in [4.78, 5) is 13.0. The smallest absolute Gasteiger partial charge is 0.322 e. The molecule has 0 unspecified atom stereocenters. The van der Waals surface area contributed by atoms with Crippen LogP contribution in [0, 0.1) is 6.92 Å². The average molecular weight is 272 g/mol. The van der Waals surface area contributed by atoms with Crippen LogP contribution in [0.2, 0.25) is 0 Å². The van der Waals surface area contributed by atoms with Crippen LogP contribution in [-0.2, 0) is 0 Å². The van der Waals surface area contributed by atoms with Gasteiger partial charge in [-0.3, -0.25) is 0 Å². The fourth-order valence-corrected chi connectivity index (χ4v) is 1.69. The number of hydrogen-bond donors (Lipinski definition) is 1. The third kappa shape index (κ3) is 3.66. The first-order chi connectivity index (χ1) is 9.58. The van der Waals surface area contributed by atoms with Gasteiger partial charge in [0.05, 0.1) is 6.10 Å². The lowest BCUT2D eigenvalue weighted by Crippen LogP contribution is -2.12. The zero-order valence-electron chi connectivity index (χ0n) is 12.3. The highest BCUT2D eigenvalue weighted by atomic mass is 16.5. The van der Waals surface area contributed by atoms with E-state index in [1.165, 1.54) is 5.56 Å². The standard InChI is InChI=1S/C15H20N4O/c1-5-16-14-17-13(12-8-6-11(4)7-9-12)18-15(19-14)20-10(2)3/h6-10H,5H2,1-4H3,(H,16,17,18,19). The molecule has 0 aliphatic heterocycles. The van der Waals surface area contributed by atoms with Gasteiger partial charge in [0.25, 0.3) is 0 Å². The Morgan fingerprint density at radius 3 is 2.40 bits per heavy atom. The Morgan fingerprint density at radius 1 is 1.10 bits per heavy atom. The molecule has 5 nitrogen and oxygen atoms in total. The second-order valence-corrected chi connectivity index (χ2v) is 4.83. The van der Waals surface area contributed by atoms with E-state index in [0.717, 1.165) is 12.1 Å². The van der Waals surface area contributed by atoms with E-state index in [4.69, 9.17) is 4.74 Å². The number of nitrogens with zero attached hydrogens (tertiary/aromatic N) is 3. The van der Waals surface area contributed by atoms with Gasteiger partial charge in [0.2, 0.25) is 5.95 Å². The van der Waals surface area contributed by atoms with Crippen LogP contribution in [0.25, 0.3) is 11.4 Å². The van der Waals surface area contributed by atoms with E-state index in [1.54, 1.807) is 0 Å². The number of rotatable bonds is 5. The summed E-state index contributed by atoms with van der Waals surface area (Å²) >= 11 is 0. The second kappa shape index (κ2) is 6.32. The molecule has 2 aromatic rings. The maximum atomic E-state index is 5.58. The van der Waals surface area contributed by atoms with Gasteiger partial charge in [-0.05, 0) is 27.7 Å². The van der Waals surface area contributed by atoms with Crippen molar-refractivity contribution < 1.29 is 4.74 Å². The minimum absolute atomic E-state index is 0.0257. The summed E-state index contributed by atoms with van der Waals surface area (Å²) in [6.07, 6.45) is 0.0257. The molecule has 0 bridgehead atoms. The Labute approximate surface area is 119 Å². The summed E-state index contributed by atoms with van der Waals surface area (Å²) in [6, 6.07) is 8.42. The van der Waals surface area contributed by atoms with Crippen LogP contribution in [0.5, 0.6) is 6.01 Å². The van der Waals surface area contributed by atoms with Gasteiger partial charge in [-0.15, -0.1) is 0 Å². The molecule has 5 heteroatoms. The number of ether oxygens (including phenoxy) is 1. The van der Waals surface area contributed by atoms with Gasteiger partial charge in [0, 0.05) is 12.1 Å². The SMILES string of the molecule is CCNc1nc(OC(C)C)nc(-c2ccc(C)cc2)n1. The average Bonchev–Trinajstić information content (AvgIpc) is 2.38. The quantitative estimate of drug-likeness (QED) is 0.906. The van der Waals surface area contributed by atoms with Gasteiger partial charge in [0.1, 0.15) is 0 Å². The molecule has 0 atom stereocenters. The number of aromatic nitrogens is 3. The number of benzene rings is 1. The first-order valence-corrected chi connectivity index (χ1v) is 6.82. The Morgan fingerprint density at radius 2 is 1.80 bits per heavy atom. The van der Waals surface area contributed by atoms with Crippen molar-refractivity contribution in [3.05, 3.63) is 29.8 Å². The molecule has 1 heterocycles. The van der Waals surface area contributed by atoms with Crippen LogP contribution in [0.3, 0.4) is 0 Å². The van der Waals surface area contributed by atoms with Crippen molar-refractivity contribution in [2.75, 3.05) is 11.9 Å². The molecule has 20 heavy (non-hydrogen) atoms. The summed E-state index contributed by atoms with van der Waals surface area (Å²) in [6.45, 7) is 8.69. The van der Waals surface area contributed by atoms with Crippen LogP contribution >= 0.6 is 0 Å². The zero-order valence-corrected chi connectivity index (χ0v) is 12.3. The molecular formula is C15H20N4O. The number of nitrogens with one attached hydrogen (secondary N) is 1. The Balaban J connectivity index is 2.40. The predicted molar refractivity (Wildman–Crippen MR) is 79.9 cm³/mol. The van der Waals surface area contributed by atoms with Crippen molar-refractivity contribution in [2.45, 2.75) is 33.8 Å². The molecule has 2 rings (SSSR count). The summed E-state index contributed by atoms with van der Waals surface area (Å²) in [5.41, 5.74) is 2.15. The summed E-state index contributed by atoms with van der Waals surface area (Å²) in [5.74, 6) is 1.15. The minimum Gasteiger partial charge on any atom is -0.461 e. The van der Waals surface area contributed by atoms with Gasteiger partial charge >= 0.3 is 6.01 Å². The molecule has 1 N–H and O–H groups in total. The van der Waals surface area contributed by atoms with Gasteiger partial charge < -0.3 is 10.1 Å². The molecule has 0 aliphatic carbocycles. The Kier molecular flexibility index (Phi) is 4.50. The molecule has 0 aliphatic rings. The fourth-order valence-electron chi connectivity index (χ4n) is 1.69. The highest BCUT2D eigenvalue weighted by molar-refractivity contribution is 5.56. The topological polar surface area (TPSA) is 59.9 Å². The van der Waals surface area contributed by atoms with Crippen molar-refractivity contribution >= 4 is 5.95 Å². The minimum atomic E-state index is 0.0257. The second-order valence-electron chi connectivity index (χ2n) is 4.83. The first kappa shape index (κ1) is 14.2. The molecule has 0 fully saturated rings. The zero-order chi connectivity index (χ0) is 14.5. The van der Waals surface area contributed by atoms with Gasteiger partial charge in [-0.25, -0.2) is 0 Å². The lowest BCUT2D eigenvalue weighted by atomic mass is 10.1. The van der Waals surface area contributed by atoms with Crippen LogP contribution in [-0.4, -0.2) is 27.6 Å². The number of aryl methyl sites for hydroxylation is 1. The summed E-state index contributed by atoms with van der Waals surface area (Å²) in [5, 5.41) is 3.10. The maximum Gasteiger partial charge on any atom is 0.322 e. The van der Waals surface area contributed by atoms with Gasteiger partial charge in [0.15, 0.2) is 5.82 Å². The van der Waals surface area contributed by atoms with Gasteiger partial charge in [-0.2, -0.15) is 15.0 Å². The molecular weight excluding hydrogens is 252 g/mol. The molecule has 0 saturated heterocycles. The fraction of sp³-hybridized carbons (Fsp3) is 0.400. The van der Waals surface area contributed by atoms with E-state index < -0.39 is 0 Å². The summed E-state index contributed by atoms with van der Waals surface area (Å²) < 4.78 is 5.58. The third-order valence-corrected chi connectivity index (χ3v) is 2.60. The largest absolute Gasteiger partial charge is 0.461 e. The summed E-state index contributed by atoms with van der Waals surface area (Å²) in [7, 11) is 0. The van der Waals surface area contributed by atoms with E-state index in [9.17, 15) is 0 Å². The number of hydrogen-bond acceptors (Lipinski definition) is 5. The monoisotopic (exact) mass is 272 g/mol. The van der Waals surface area contributed by atoms with Crippen LogP contribution < -0.4 is 10.1 Å². The molecule has 106 valence electrons. The molecule has 0 spiro atoms. The van der Waals surface area contributed by atoms with Crippen molar-refractivity contribution in [2.24, 2.45) is 0 Å². The van der Waals surface area contributed by atoms with E-state index in [1.807, 2.05) is 45.0 Å². The third-order valence-electron chi connectivity index (χ3n) is 2.60.